The van der Waals surface area contributed by atoms with Gasteiger partial charge in [-0.15, -0.1) is 0 Å². The molecule has 0 aliphatic heterocycles. The fourth-order valence-electron chi connectivity index (χ4n) is 0.696. The van der Waals surface area contributed by atoms with E-state index in [1.165, 1.54) is 6.33 Å². The second-order valence-electron chi connectivity index (χ2n) is 1.93. The lowest BCUT2D eigenvalue weighted by Crippen LogP contribution is -1.99. The Bertz CT molecular complexity index is 276. The molecule has 0 radical (unpaired) electrons. The smallest absolute Gasteiger partial charge is 0.145 e. The second kappa shape index (κ2) is 3.52. The first-order valence-electron chi connectivity index (χ1n) is 3.33. The van der Waals surface area contributed by atoms with Crippen LogP contribution in [0.1, 0.15) is 12.6 Å². The van der Waals surface area contributed by atoms with Crippen molar-refractivity contribution in [3.8, 4) is 6.07 Å². The number of rotatable bonds is 2. The molecule has 0 atom stereocenters. The Hall–Kier alpha value is -1.63. The molecule has 0 fully saturated rings. The van der Waals surface area contributed by atoms with Gasteiger partial charge in [0.15, 0.2) is 0 Å². The number of nitriles is 1. The highest BCUT2D eigenvalue weighted by Gasteiger charge is 1.93. The highest BCUT2D eigenvalue weighted by molar-refractivity contribution is 5.38. The summed E-state index contributed by atoms with van der Waals surface area (Å²) in [5, 5.41) is 11.4. The van der Waals surface area contributed by atoms with E-state index in [4.69, 9.17) is 5.26 Å². The van der Waals surface area contributed by atoms with E-state index in [1.807, 2.05) is 13.0 Å². The minimum atomic E-state index is 0.385. The Balaban J connectivity index is 2.85. The van der Waals surface area contributed by atoms with E-state index in [1.54, 1.807) is 6.07 Å². The molecule has 56 valence electrons. The van der Waals surface area contributed by atoms with E-state index >= 15 is 0 Å². The average Bonchev–Trinajstić information content (AvgIpc) is 2.06. The van der Waals surface area contributed by atoms with Crippen LogP contribution < -0.4 is 5.32 Å². The van der Waals surface area contributed by atoms with Crippen LogP contribution in [0, 0.1) is 11.3 Å². The van der Waals surface area contributed by atoms with Crippen LogP contribution in [0.15, 0.2) is 12.4 Å². The van der Waals surface area contributed by atoms with Crippen molar-refractivity contribution in [2.45, 2.75) is 6.92 Å². The molecule has 4 heteroatoms. The standard InChI is InChI=1S/C7H8N4/c1-2-9-7-3-6(4-8)10-5-11-7/h3,5H,2H2,1H3,(H,9,10,11). The fraction of sp³-hybridized carbons (Fsp3) is 0.286. The SMILES string of the molecule is CCNc1cc(C#N)ncn1. The van der Waals surface area contributed by atoms with Gasteiger partial charge in [0.05, 0.1) is 0 Å². The van der Waals surface area contributed by atoms with E-state index in [0.717, 1.165) is 6.54 Å². The molecule has 0 aromatic carbocycles. The molecule has 0 saturated carbocycles. The molecule has 0 unspecified atom stereocenters. The van der Waals surface area contributed by atoms with Crippen molar-refractivity contribution in [2.75, 3.05) is 11.9 Å². The molecule has 0 spiro atoms. The van der Waals surface area contributed by atoms with Crippen LogP contribution in [0.4, 0.5) is 5.82 Å². The molecule has 0 aliphatic carbocycles. The molecule has 1 N–H and O–H groups in total. The van der Waals surface area contributed by atoms with Gasteiger partial charge in [0, 0.05) is 12.6 Å². The van der Waals surface area contributed by atoms with Gasteiger partial charge in [0.25, 0.3) is 0 Å². The van der Waals surface area contributed by atoms with Gasteiger partial charge in [-0.2, -0.15) is 5.26 Å². The normalized spacial score (nSPS) is 8.73. The van der Waals surface area contributed by atoms with Gasteiger partial charge in [-0.05, 0) is 6.92 Å². The van der Waals surface area contributed by atoms with Crippen molar-refractivity contribution in [1.29, 1.82) is 5.26 Å². The molecular weight excluding hydrogens is 140 g/mol. The van der Waals surface area contributed by atoms with Crippen LogP contribution >= 0.6 is 0 Å². The number of hydrogen-bond acceptors (Lipinski definition) is 4. The van der Waals surface area contributed by atoms with Gasteiger partial charge in [-0.3, -0.25) is 0 Å². The van der Waals surface area contributed by atoms with Crippen LogP contribution in [0.5, 0.6) is 0 Å². The van der Waals surface area contributed by atoms with E-state index < -0.39 is 0 Å². The van der Waals surface area contributed by atoms with Gasteiger partial charge < -0.3 is 5.32 Å². The van der Waals surface area contributed by atoms with Gasteiger partial charge in [-0.1, -0.05) is 0 Å². The van der Waals surface area contributed by atoms with Crippen LogP contribution in [-0.4, -0.2) is 16.5 Å². The largest absolute Gasteiger partial charge is 0.370 e. The van der Waals surface area contributed by atoms with Crippen molar-refractivity contribution in [2.24, 2.45) is 0 Å². The summed E-state index contributed by atoms with van der Waals surface area (Å²) in [6, 6.07) is 3.55. The first kappa shape index (κ1) is 7.48. The number of hydrogen-bond donors (Lipinski definition) is 1. The quantitative estimate of drug-likeness (QED) is 0.673. The van der Waals surface area contributed by atoms with Gasteiger partial charge in [0.2, 0.25) is 0 Å². The van der Waals surface area contributed by atoms with Crippen LogP contribution in [0.3, 0.4) is 0 Å². The first-order chi connectivity index (χ1) is 5.36. The lowest BCUT2D eigenvalue weighted by molar-refractivity contribution is 1.10. The third-order valence-electron chi connectivity index (χ3n) is 1.14. The van der Waals surface area contributed by atoms with Crippen LogP contribution in [-0.2, 0) is 0 Å². The molecule has 0 amide bonds. The first-order valence-corrected chi connectivity index (χ1v) is 3.33. The maximum Gasteiger partial charge on any atom is 0.145 e. The molecule has 0 aliphatic rings. The number of nitrogens with one attached hydrogen (secondary N) is 1. The van der Waals surface area contributed by atoms with E-state index in [2.05, 4.69) is 15.3 Å². The molecule has 4 nitrogen and oxygen atoms in total. The van der Waals surface area contributed by atoms with Crippen LogP contribution in [0.2, 0.25) is 0 Å². The summed E-state index contributed by atoms with van der Waals surface area (Å²) < 4.78 is 0. The van der Waals surface area contributed by atoms with E-state index in [-0.39, 0.29) is 0 Å². The second-order valence-corrected chi connectivity index (χ2v) is 1.93. The molecule has 11 heavy (non-hydrogen) atoms. The van der Waals surface area contributed by atoms with Crippen molar-refractivity contribution in [1.82, 2.24) is 9.97 Å². The Morgan fingerprint density at radius 2 is 2.45 bits per heavy atom. The Morgan fingerprint density at radius 3 is 3.09 bits per heavy atom. The number of aromatic nitrogens is 2. The zero-order valence-corrected chi connectivity index (χ0v) is 6.20. The zero-order chi connectivity index (χ0) is 8.10. The highest BCUT2D eigenvalue weighted by atomic mass is 15.0. The Morgan fingerprint density at radius 1 is 1.64 bits per heavy atom. The van der Waals surface area contributed by atoms with Crippen molar-refractivity contribution < 1.29 is 0 Å². The molecule has 1 rings (SSSR count). The maximum absolute atomic E-state index is 8.46. The van der Waals surface area contributed by atoms with E-state index in [0.29, 0.717) is 11.5 Å². The molecule has 0 saturated heterocycles. The summed E-state index contributed by atoms with van der Waals surface area (Å²) in [4.78, 5) is 7.63. The summed E-state index contributed by atoms with van der Waals surface area (Å²) in [6.45, 7) is 2.76. The summed E-state index contributed by atoms with van der Waals surface area (Å²) in [5.41, 5.74) is 0.385. The average molecular weight is 148 g/mol. The third kappa shape index (κ3) is 1.90. The molecule has 0 bridgehead atoms. The van der Waals surface area contributed by atoms with Crippen molar-refractivity contribution >= 4 is 5.82 Å². The third-order valence-corrected chi connectivity index (χ3v) is 1.14. The zero-order valence-electron chi connectivity index (χ0n) is 6.20. The highest BCUT2D eigenvalue weighted by Crippen LogP contribution is 2.01. The van der Waals surface area contributed by atoms with Gasteiger partial charge in [0.1, 0.15) is 23.9 Å². The van der Waals surface area contributed by atoms with Gasteiger partial charge in [-0.25, -0.2) is 9.97 Å². The molecule has 1 aromatic rings. The summed E-state index contributed by atoms with van der Waals surface area (Å²) in [5.74, 6) is 0.694. The monoisotopic (exact) mass is 148 g/mol. The van der Waals surface area contributed by atoms with Crippen LogP contribution in [0.25, 0.3) is 0 Å². The number of anilines is 1. The molecule has 1 heterocycles. The summed E-state index contributed by atoms with van der Waals surface area (Å²) >= 11 is 0. The Labute approximate surface area is 64.9 Å². The van der Waals surface area contributed by atoms with Gasteiger partial charge >= 0.3 is 0 Å². The predicted molar refractivity (Wildman–Crippen MR) is 40.9 cm³/mol. The fourth-order valence-corrected chi connectivity index (χ4v) is 0.696. The Kier molecular flexibility index (Phi) is 2.39. The minimum absolute atomic E-state index is 0.385. The van der Waals surface area contributed by atoms with Crippen molar-refractivity contribution in [3.05, 3.63) is 18.1 Å². The predicted octanol–water partition coefficient (Wildman–Crippen LogP) is 0.780. The number of nitrogens with zero attached hydrogens (tertiary/aromatic N) is 3. The summed E-state index contributed by atoms with van der Waals surface area (Å²) in [7, 11) is 0. The topological polar surface area (TPSA) is 61.6 Å². The molecule has 1 aromatic heterocycles. The summed E-state index contributed by atoms with van der Waals surface area (Å²) in [6.07, 6.45) is 1.37. The molecular formula is C7H8N4. The minimum Gasteiger partial charge on any atom is -0.370 e. The van der Waals surface area contributed by atoms with E-state index in [9.17, 15) is 0 Å². The van der Waals surface area contributed by atoms with Crippen molar-refractivity contribution in [3.63, 3.8) is 0 Å². The lowest BCUT2D eigenvalue weighted by atomic mass is 10.4. The maximum atomic E-state index is 8.46. The lowest BCUT2D eigenvalue weighted by Gasteiger charge is -1.99.